The largest absolute Gasteiger partial charge is 0.384 e. The fourth-order valence-corrected chi connectivity index (χ4v) is 4.02. The summed E-state index contributed by atoms with van der Waals surface area (Å²) in [5.41, 5.74) is 2.80. The van der Waals surface area contributed by atoms with Crippen LogP contribution < -0.4 is 0 Å². The zero-order valence-electron chi connectivity index (χ0n) is 14.8. The van der Waals surface area contributed by atoms with E-state index in [4.69, 9.17) is 4.74 Å². The van der Waals surface area contributed by atoms with Crippen LogP contribution in [0.1, 0.15) is 17.8 Å². The monoisotopic (exact) mass is 375 g/mol. The molecule has 26 heavy (non-hydrogen) atoms. The summed E-state index contributed by atoms with van der Waals surface area (Å²) in [7, 11) is -1.85. The molecule has 9 heteroatoms. The lowest BCUT2D eigenvalue weighted by Gasteiger charge is -2.10. The zero-order valence-corrected chi connectivity index (χ0v) is 15.6. The highest BCUT2D eigenvalue weighted by Gasteiger charge is 2.18. The molecule has 8 nitrogen and oxygen atoms in total. The molecule has 0 atom stereocenters. The van der Waals surface area contributed by atoms with Crippen LogP contribution in [0, 0.1) is 6.92 Å². The molecule has 0 aromatic carbocycles. The molecule has 0 spiro atoms. The van der Waals surface area contributed by atoms with E-state index in [9.17, 15) is 8.42 Å². The number of aromatic nitrogens is 5. The number of pyridine rings is 1. The Bertz CT molecular complexity index is 986. The van der Waals surface area contributed by atoms with Crippen LogP contribution in [0.3, 0.4) is 0 Å². The maximum Gasteiger partial charge on any atom is 0.246 e. The Morgan fingerprint density at radius 3 is 2.69 bits per heavy atom. The van der Waals surface area contributed by atoms with Gasteiger partial charge in [0.1, 0.15) is 11.3 Å². The molecule has 138 valence electrons. The van der Waals surface area contributed by atoms with Gasteiger partial charge in [-0.2, -0.15) is 0 Å². The molecular weight excluding hydrogens is 354 g/mol. The van der Waals surface area contributed by atoms with E-state index in [-0.39, 0.29) is 10.9 Å². The van der Waals surface area contributed by atoms with Crippen LogP contribution >= 0.6 is 0 Å². The highest BCUT2D eigenvalue weighted by molar-refractivity contribution is 7.91. The molecule has 3 heterocycles. The van der Waals surface area contributed by atoms with Crippen LogP contribution in [-0.4, -0.2) is 52.4 Å². The molecule has 0 radical (unpaired) electrons. The lowest BCUT2D eigenvalue weighted by atomic mass is 10.2. The summed E-state index contributed by atoms with van der Waals surface area (Å²) in [6.07, 6.45) is 7.47. The van der Waals surface area contributed by atoms with Crippen molar-refractivity contribution in [3.05, 3.63) is 42.2 Å². The molecule has 0 fully saturated rings. The zero-order chi connectivity index (χ0) is 18.6. The van der Waals surface area contributed by atoms with E-state index in [1.165, 1.54) is 12.4 Å². The molecule has 0 amide bonds. The second kappa shape index (κ2) is 7.88. The van der Waals surface area contributed by atoms with E-state index in [0.29, 0.717) is 26.0 Å². The van der Waals surface area contributed by atoms with Crippen molar-refractivity contribution < 1.29 is 13.2 Å². The van der Waals surface area contributed by atoms with Gasteiger partial charge >= 0.3 is 0 Å². The number of imidazole rings is 1. The van der Waals surface area contributed by atoms with E-state index < -0.39 is 9.84 Å². The van der Waals surface area contributed by atoms with Gasteiger partial charge in [0.25, 0.3) is 0 Å². The first-order valence-corrected chi connectivity index (χ1v) is 9.96. The van der Waals surface area contributed by atoms with E-state index in [2.05, 4.69) is 24.5 Å². The maximum atomic E-state index is 12.4. The molecule has 3 aromatic heterocycles. The van der Waals surface area contributed by atoms with Crippen LogP contribution in [0.2, 0.25) is 0 Å². The lowest BCUT2D eigenvalue weighted by Crippen LogP contribution is -2.14. The van der Waals surface area contributed by atoms with Crippen molar-refractivity contribution in [1.29, 1.82) is 0 Å². The summed E-state index contributed by atoms with van der Waals surface area (Å²) in [4.78, 5) is 16.5. The first kappa shape index (κ1) is 18.4. The summed E-state index contributed by atoms with van der Waals surface area (Å²) >= 11 is 0. The van der Waals surface area contributed by atoms with Crippen molar-refractivity contribution in [1.82, 2.24) is 24.5 Å². The summed E-state index contributed by atoms with van der Waals surface area (Å²) < 4.78 is 32.0. The highest BCUT2D eigenvalue weighted by atomic mass is 32.2. The Labute approximate surface area is 152 Å². The first-order chi connectivity index (χ1) is 12.5. The fraction of sp³-hybridized carbons (Fsp3) is 0.412. The Morgan fingerprint density at radius 1 is 1.19 bits per heavy atom. The fourth-order valence-electron chi connectivity index (χ4n) is 2.88. The third-order valence-electron chi connectivity index (χ3n) is 4.06. The molecular formula is C17H21N5O3S. The Balaban J connectivity index is 1.82. The molecule has 0 N–H and O–H groups in total. The van der Waals surface area contributed by atoms with E-state index in [1.807, 2.05) is 6.92 Å². The van der Waals surface area contributed by atoms with Crippen LogP contribution in [0.4, 0.5) is 0 Å². The molecule has 0 aliphatic rings. The maximum absolute atomic E-state index is 12.4. The van der Waals surface area contributed by atoms with Gasteiger partial charge in [0.15, 0.2) is 0 Å². The Morgan fingerprint density at radius 2 is 1.96 bits per heavy atom. The molecule has 0 aliphatic carbocycles. The smallest absolute Gasteiger partial charge is 0.246 e. The van der Waals surface area contributed by atoms with Crippen molar-refractivity contribution in [2.75, 3.05) is 19.5 Å². The van der Waals surface area contributed by atoms with Crippen molar-refractivity contribution >= 4 is 20.9 Å². The normalized spacial score (nSPS) is 11.9. The number of fused-ring (bicyclic) bond motifs is 1. The average molecular weight is 375 g/mol. The number of hydrogen-bond acceptors (Lipinski definition) is 7. The predicted molar refractivity (Wildman–Crippen MR) is 96.5 cm³/mol. The standard InChI is InChI=1S/C17H21N5O3S/c1-13-11-18-12-14-16(13)22(15(21-14)5-9-25-2)8-4-10-26(23,24)17-19-6-3-7-20-17/h3,6-7,11-12H,4-5,8-10H2,1-2H3. The summed E-state index contributed by atoms with van der Waals surface area (Å²) in [5, 5.41) is -0.129. The third-order valence-corrected chi connectivity index (χ3v) is 5.65. The summed E-state index contributed by atoms with van der Waals surface area (Å²) in [6, 6.07) is 1.59. The van der Waals surface area contributed by atoms with Crippen molar-refractivity contribution in [2.24, 2.45) is 0 Å². The number of ether oxygens (including phenoxy) is 1. The minimum absolute atomic E-state index is 0.0233. The molecule has 3 aromatic rings. The molecule has 0 unspecified atom stereocenters. The summed E-state index contributed by atoms with van der Waals surface area (Å²) in [6.45, 7) is 3.06. The minimum Gasteiger partial charge on any atom is -0.384 e. The lowest BCUT2D eigenvalue weighted by molar-refractivity contribution is 0.199. The summed E-state index contributed by atoms with van der Waals surface area (Å²) in [5.74, 6) is 0.844. The molecule has 0 saturated carbocycles. The van der Waals surface area contributed by atoms with Gasteiger partial charge in [0, 0.05) is 38.7 Å². The quantitative estimate of drug-likeness (QED) is 0.551. The van der Waals surface area contributed by atoms with Gasteiger partial charge in [-0.05, 0) is 25.0 Å². The number of hydrogen-bond donors (Lipinski definition) is 0. The molecule has 0 bridgehead atoms. The van der Waals surface area contributed by atoms with Gasteiger partial charge < -0.3 is 9.30 Å². The second-order valence-corrected chi connectivity index (χ2v) is 7.95. The van der Waals surface area contributed by atoms with Crippen LogP contribution in [-0.2, 0) is 27.5 Å². The van der Waals surface area contributed by atoms with Crippen LogP contribution in [0.5, 0.6) is 0 Å². The van der Waals surface area contributed by atoms with Crippen molar-refractivity contribution in [2.45, 2.75) is 31.5 Å². The number of methoxy groups -OCH3 is 1. The Kier molecular flexibility index (Phi) is 5.58. The van der Waals surface area contributed by atoms with Crippen LogP contribution in [0.15, 0.2) is 36.0 Å². The predicted octanol–water partition coefficient (Wildman–Crippen LogP) is 1.58. The van der Waals surface area contributed by atoms with E-state index in [0.717, 1.165) is 22.4 Å². The van der Waals surface area contributed by atoms with Gasteiger partial charge in [-0.25, -0.2) is 23.4 Å². The third kappa shape index (κ3) is 3.88. The van der Waals surface area contributed by atoms with E-state index >= 15 is 0 Å². The minimum atomic E-state index is -3.50. The average Bonchev–Trinajstić information content (AvgIpc) is 2.99. The number of nitrogens with zero attached hydrogens (tertiary/aromatic N) is 5. The van der Waals surface area contributed by atoms with Crippen molar-refractivity contribution in [3.8, 4) is 0 Å². The van der Waals surface area contributed by atoms with Crippen LogP contribution in [0.25, 0.3) is 11.0 Å². The van der Waals surface area contributed by atoms with Crippen molar-refractivity contribution in [3.63, 3.8) is 0 Å². The van der Waals surface area contributed by atoms with Gasteiger partial charge in [-0.1, -0.05) is 0 Å². The SMILES string of the molecule is COCCc1nc2cncc(C)c2n1CCCS(=O)(=O)c1ncccn1. The molecule has 0 aliphatic heterocycles. The molecule has 0 saturated heterocycles. The highest BCUT2D eigenvalue weighted by Crippen LogP contribution is 2.20. The number of sulfone groups is 1. The van der Waals surface area contributed by atoms with Gasteiger partial charge in [-0.15, -0.1) is 0 Å². The Hall–Kier alpha value is -2.39. The van der Waals surface area contributed by atoms with Gasteiger partial charge in [-0.3, -0.25) is 4.98 Å². The first-order valence-electron chi connectivity index (χ1n) is 8.31. The second-order valence-electron chi connectivity index (χ2n) is 5.95. The number of rotatable bonds is 8. The topological polar surface area (TPSA) is 99.9 Å². The number of aryl methyl sites for hydroxylation is 2. The van der Waals surface area contributed by atoms with Gasteiger partial charge in [0.2, 0.25) is 15.0 Å². The van der Waals surface area contributed by atoms with E-state index in [1.54, 1.807) is 25.6 Å². The van der Waals surface area contributed by atoms with Gasteiger partial charge in [0.05, 0.1) is 24.1 Å². The molecule has 3 rings (SSSR count).